The third kappa shape index (κ3) is 15.4. The number of imide groups is 3. The Morgan fingerprint density at radius 2 is 1.58 bits per heavy atom. The zero-order valence-electron chi connectivity index (χ0n) is 37.9. The number of sulfonamides is 1. The minimum Gasteiger partial charge on any atom is -0.342 e. The van der Waals surface area contributed by atoms with Gasteiger partial charge in [-0.3, -0.25) is 48.7 Å². The predicted molar refractivity (Wildman–Crippen MR) is 242 cm³/mol. The average molecular weight is 968 g/mol. The van der Waals surface area contributed by atoms with E-state index in [1.165, 1.54) is 41.8 Å². The Morgan fingerprint density at radius 3 is 2.18 bits per heavy atom. The van der Waals surface area contributed by atoms with Crippen LogP contribution < -0.4 is 26.4 Å². The summed E-state index contributed by atoms with van der Waals surface area (Å²) in [4.78, 5) is 124. The fourth-order valence-electron chi connectivity index (χ4n) is 7.15. The van der Waals surface area contributed by atoms with Crippen molar-refractivity contribution in [1.29, 1.82) is 0 Å². The number of hydrogen-bond acceptors (Lipinski definition) is 17. The molecule has 0 saturated heterocycles. The first kappa shape index (κ1) is 53.3. The molecule has 24 heteroatoms. The van der Waals surface area contributed by atoms with Crippen molar-refractivity contribution >= 4 is 68.8 Å². The van der Waals surface area contributed by atoms with Crippen molar-refractivity contribution in [2.75, 3.05) is 0 Å². The van der Waals surface area contributed by atoms with E-state index in [4.69, 9.17) is 5.73 Å². The molecule has 1 aliphatic rings. The van der Waals surface area contributed by atoms with Crippen LogP contribution in [-0.4, -0.2) is 104 Å². The molecule has 2 aromatic heterocycles. The summed E-state index contributed by atoms with van der Waals surface area (Å²) < 4.78 is 28.6. The normalized spacial score (nSPS) is 15.2. The van der Waals surface area contributed by atoms with Gasteiger partial charge in [0.25, 0.3) is 27.5 Å². The fraction of sp³-hybridized carbons (Fsp3) is 0.512. The number of nitrogens with zero attached hydrogens (tertiary/aromatic N) is 6. The van der Waals surface area contributed by atoms with Gasteiger partial charge in [-0.25, -0.2) is 33.0 Å². The van der Waals surface area contributed by atoms with E-state index < -0.39 is 103 Å². The van der Waals surface area contributed by atoms with Crippen molar-refractivity contribution in [3.63, 3.8) is 0 Å². The standard InChI is InChI=1S/C43H57N11O11S2/c1-6-26(5)36(51-37(56)30(20-25(3)4)49-38(57)32-24-45-18-19-46-32)39(58)50-31(21-27-12-9-8-10-13-27)41(60)53(35(55)22-28(44)7-2)42(61)40(59)52-67(64,65)29-14-15-34(33(23-29)54(62)63)66-43-47-16-11-17-48-43/h11,14-19,23-28,30-31,36H,6-10,12-13,20-22,44H2,1-5H3,(H,49,57)(H,50,58)(H,51,56)(H,52,59)/t26-,28-,30-,31-,36-/m0/s1. The maximum atomic E-state index is 14.7. The number of benzene rings is 1. The molecule has 0 spiro atoms. The molecule has 7 amide bonds. The van der Waals surface area contributed by atoms with Gasteiger partial charge in [-0.1, -0.05) is 73.1 Å². The summed E-state index contributed by atoms with van der Waals surface area (Å²) in [6, 6.07) is -0.828. The summed E-state index contributed by atoms with van der Waals surface area (Å²) in [5, 5.41) is 20.1. The number of nitro groups is 1. The summed E-state index contributed by atoms with van der Waals surface area (Å²) in [5.41, 5.74) is 5.31. The van der Waals surface area contributed by atoms with Crippen LogP contribution in [0.2, 0.25) is 0 Å². The molecule has 6 N–H and O–H groups in total. The average Bonchev–Trinajstić information content (AvgIpc) is 3.30. The van der Waals surface area contributed by atoms with E-state index in [0.29, 0.717) is 25.3 Å². The predicted octanol–water partition coefficient (Wildman–Crippen LogP) is 2.97. The van der Waals surface area contributed by atoms with E-state index in [9.17, 15) is 52.1 Å². The highest BCUT2D eigenvalue weighted by atomic mass is 32.2. The second-order valence-corrected chi connectivity index (χ2v) is 19.3. The van der Waals surface area contributed by atoms with Crippen molar-refractivity contribution in [2.45, 2.75) is 138 Å². The lowest BCUT2D eigenvalue weighted by atomic mass is 9.84. The molecule has 0 unspecified atom stereocenters. The Hall–Kier alpha value is -6.27. The molecule has 0 radical (unpaired) electrons. The molecule has 67 heavy (non-hydrogen) atoms. The molecule has 1 saturated carbocycles. The highest BCUT2D eigenvalue weighted by Crippen LogP contribution is 2.34. The van der Waals surface area contributed by atoms with Crippen molar-refractivity contribution in [3.8, 4) is 0 Å². The van der Waals surface area contributed by atoms with Crippen molar-refractivity contribution in [3.05, 3.63) is 71.1 Å². The SMILES string of the molecule is CC[C@H](N)CC(=O)N(C(=O)C(=O)NS(=O)(=O)c1ccc(Sc2ncccn2)c([N+](=O)[O-])c1)C(=O)[C@H](CC1CCCCC1)NC(=O)[C@@H](NC(=O)[C@H](CC(C)C)NC(=O)c1cnccn1)[C@@H](C)CC. The largest absolute Gasteiger partial charge is 0.342 e. The Morgan fingerprint density at radius 1 is 0.896 bits per heavy atom. The van der Waals surface area contributed by atoms with E-state index in [-0.39, 0.29) is 51.7 Å². The van der Waals surface area contributed by atoms with Crippen LogP contribution in [0.25, 0.3) is 0 Å². The molecule has 0 aliphatic heterocycles. The number of nitro benzene ring substituents is 1. The first-order valence-electron chi connectivity index (χ1n) is 21.9. The number of amides is 7. The highest BCUT2D eigenvalue weighted by molar-refractivity contribution is 7.99. The van der Waals surface area contributed by atoms with Crippen LogP contribution in [0.15, 0.2) is 70.2 Å². The summed E-state index contributed by atoms with van der Waals surface area (Å²) in [6.45, 7) is 8.73. The minimum atomic E-state index is -5.08. The summed E-state index contributed by atoms with van der Waals surface area (Å²) in [5.74, 6) is -9.64. The van der Waals surface area contributed by atoms with Crippen molar-refractivity contribution in [2.24, 2.45) is 23.5 Å². The molecule has 362 valence electrons. The second-order valence-electron chi connectivity index (χ2n) is 16.6. The Kier molecular flexibility index (Phi) is 19.9. The number of nitrogens with two attached hydrogens (primary N) is 1. The third-order valence-electron chi connectivity index (χ3n) is 11.1. The lowest BCUT2D eigenvalue weighted by molar-refractivity contribution is -0.388. The van der Waals surface area contributed by atoms with E-state index in [1.54, 1.807) is 20.8 Å². The topological polar surface area (TPSA) is 326 Å². The Bertz CT molecular complexity index is 2370. The number of carbonyl (C=O) groups excluding carboxylic acids is 7. The van der Waals surface area contributed by atoms with Crippen LogP contribution in [0.3, 0.4) is 0 Å². The van der Waals surface area contributed by atoms with Gasteiger partial charge in [0.05, 0.1) is 20.9 Å². The molecule has 22 nitrogen and oxygen atoms in total. The number of rotatable bonds is 21. The van der Waals surface area contributed by atoms with Gasteiger partial charge in [-0.2, -0.15) is 0 Å². The number of carbonyl (C=O) groups is 7. The molecule has 2 heterocycles. The first-order chi connectivity index (χ1) is 31.8. The van der Waals surface area contributed by atoms with Gasteiger partial charge in [0, 0.05) is 43.3 Å². The molecular formula is C43H57N11O11S2. The third-order valence-corrected chi connectivity index (χ3v) is 13.3. The van der Waals surface area contributed by atoms with E-state index in [0.717, 1.165) is 43.2 Å². The van der Waals surface area contributed by atoms with Crippen LogP contribution in [0.1, 0.15) is 109 Å². The monoisotopic (exact) mass is 967 g/mol. The van der Waals surface area contributed by atoms with Gasteiger partial charge in [0.15, 0.2) is 5.16 Å². The van der Waals surface area contributed by atoms with Crippen LogP contribution in [0, 0.1) is 27.9 Å². The zero-order chi connectivity index (χ0) is 49.4. The molecular weight excluding hydrogens is 911 g/mol. The molecule has 3 aromatic rings. The van der Waals surface area contributed by atoms with Crippen LogP contribution in [0.5, 0.6) is 0 Å². The molecule has 1 fully saturated rings. The van der Waals surface area contributed by atoms with Crippen molar-refractivity contribution in [1.82, 2.24) is 45.5 Å². The van der Waals surface area contributed by atoms with Crippen LogP contribution in [-0.2, 0) is 38.8 Å². The number of aromatic nitrogens is 4. The summed E-state index contributed by atoms with van der Waals surface area (Å²) in [7, 11) is -5.08. The lowest BCUT2D eigenvalue weighted by Crippen LogP contribution is -2.61. The van der Waals surface area contributed by atoms with E-state index >= 15 is 0 Å². The highest BCUT2D eigenvalue weighted by Gasteiger charge is 2.42. The Balaban J connectivity index is 1.66. The van der Waals surface area contributed by atoms with Crippen molar-refractivity contribution < 1.29 is 46.9 Å². The maximum absolute atomic E-state index is 14.7. The van der Waals surface area contributed by atoms with Crippen LogP contribution >= 0.6 is 11.8 Å². The molecule has 1 aromatic carbocycles. The van der Waals surface area contributed by atoms with Gasteiger partial charge in [0.1, 0.15) is 23.8 Å². The van der Waals surface area contributed by atoms with Crippen LogP contribution in [0.4, 0.5) is 5.69 Å². The Labute approximate surface area is 392 Å². The van der Waals surface area contributed by atoms with E-state index in [1.807, 2.05) is 13.8 Å². The van der Waals surface area contributed by atoms with Gasteiger partial charge < -0.3 is 21.7 Å². The smallest absolute Gasteiger partial charge is 0.326 e. The number of nitrogens with one attached hydrogen (secondary N) is 4. The molecule has 5 atom stereocenters. The fourth-order valence-corrected chi connectivity index (χ4v) is 8.92. The minimum absolute atomic E-state index is 0.0340. The number of hydrogen-bond donors (Lipinski definition) is 5. The molecule has 0 bridgehead atoms. The van der Waals surface area contributed by atoms with E-state index in [2.05, 4.69) is 35.9 Å². The van der Waals surface area contributed by atoms with Gasteiger partial charge >= 0.3 is 11.8 Å². The zero-order valence-corrected chi connectivity index (χ0v) is 39.5. The van der Waals surface area contributed by atoms with Gasteiger partial charge in [-0.15, -0.1) is 0 Å². The van der Waals surface area contributed by atoms with Gasteiger partial charge in [-0.05, 0) is 67.0 Å². The molecule has 1 aliphatic carbocycles. The molecule has 4 rings (SSSR count). The summed E-state index contributed by atoms with van der Waals surface area (Å²) >= 11 is 0.766. The van der Waals surface area contributed by atoms with Gasteiger partial charge in [0.2, 0.25) is 17.7 Å². The summed E-state index contributed by atoms with van der Waals surface area (Å²) in [6.07, 6.45) is 10.4. The maximum Gasteiger partial charge on any atom is 0.326 e. The lowest BCUT2D eigenvalue weighted by Gasteiger charge is -2.32. The first-order valence-corrected chi connectivity index (χ1v) is 24.2. The second kappa shape index (κ2) is 25.0. The quantitative estimate of drug-likeness (QED) is 0.0443.